The molecule has 4 rings (SSSR count). The third-order valence-electron chi connectivity index (χ3n) is 5.20. The zero-order chi connectivity index (χ0) is 23.9. The molecule has 8 nitrogen and oxygen atoms in total. The van der Waals surface area contributed by atoms with Gasteiger partial charge in [-0.1, -0.05) is 54.2 Å². The number of benzene rings is 2. The second-order valence-electron chi connectivity index (χ2n) is 7.52. The minimum absolute atomic E-state index is 0.118. The lowest BCUT2D eigenvalue weighted by Gasteiger charge is -2.16. The number of furan rings is 1. The number of nitrogens with one attached hydrogen (secondary N) is 2. The molecule has 0 aliphatic heterocycles. The van der Waals surface area contributed by atoms with Gasteiger partial charge in [-0.2, -0.15) is 0 Å². The maximum absolute atomic E-state index is 12.9. The molecule has 2 heterocycles. The maximum Gasteiger partial charge on any atom is 0.253 e. The van der Waals surface area contributed by atoms with Crippen molar-refractivity contribution < 1.29 is 14.0 Å². The zero-order valence-corrected chi connectivity index (χ0v) is 19.7. The van der Waals surface area contributed by atoms with Crippen LogP contribution in [-0.4, -0.2) is 32.3 Å². The van der Waals surface area contributed by atoms with Crippen molar-refractivity contribution in [3.63, 3.8) is 0 Å². The van der Waals surface area contributed by atoms with Gasteiger partial charge in [-0.15, -0.1) is 10.2 Å². The summed E-state index contributed by atoms with van der Waals surface area (Å²) in [7, 11) is 0. The molecule has 4 aromatic rings. The molecule has 2 N–H and O–H groups in total. The Balaban J connectivity index is 1.40. The lowest BCUT2D eigenvalue weighted by molar-refractivity contribution is -0.113. The van der Waals surface area contributed by atoms with Gasteiger partial charge in [0.15, 0.2) is 16.7 Å². The summed E-state index contributed by atoms with van der Waals surface area (Å²) in [6, 6.07) is 20.1. The summed E-state index contributed by atoms with van der Waals surface area (Å²) in [5.74, 6) is 0.854. The molecule has 0 radical (unpaired) electrons. The molecule has 0 spiro atoms. The highest BCUT2D eigenvalue weighted by atomic mass is 32.2. The average Bonchev–Trinajstić information content (AvgIpc) is 3.53. The molecule has 9 heteroatoms. The van der Waals surface area contributed by atoms with Crippen molar-refractivity contribution in [2.45, 2.75) is 31.6 Å². The van der Waals surface area contributed by atoms with Crippen LogP contribution in [-0.2, 0) is 11.3 Å². The van der Waals surface area contributed by atoms with Crippen LogP contribution in [0.5, 0.6) is 0 Å². The van der Waals surface area contributed by atoms with Crippen molar-refractivity contribution in [3.05, 3.63) is 84.1 Å². The summed E-state index contributed by atoms with van der Waals surface area (Å²) in [4.78, 5) is 25.6. The largest absolute Gasteiger partial charge is 0.461 e. The van der Waals surface area contributed by atoms with Crippen LogP contribution in [0.25, 0.3) is 11.6 Å². The van der Waals surface area contributed by atoms with E-state index < -0.39 is 0 Å². The summed E-state index contributed by atoms with van der Waals surface area (Å²) in [5.41, 5.74) is 1.86. The van der Waals surface area contributed by atoms with Crippen molar-refractivity contribution in [1.82, 2.24) is 20.1 Å². The van der Waals surface area contributed by atoms with Gasteiger partial charge in [0.05, 0.1) is 29.3 Å². The number of rotatable bonds is 9. The number of hydrogen-bond acceptors (Lipinski definition) is 6. The minimum Gasteiger partial charge on any atom is -0.461 e. The molecule has 0 aliphatic rings. The first kappa shape index (κ1) is 23.3. The van der Waals surface area contributed by atoms with Crippen LogP contribution < -0.4 is 10.6 Å². The van der Waals surface area contributed by atoms with Crippen molar-refractivity contribution in [1.29, 1.82) is 0 Å². The van der Waals surface area contributed by atoms with E-state index in [0.717, 1.165) is 5.56 Å². The molecule has 1 atom stereocenters. The van der Waals surface area contributed by atoms with Gasteiger partial charge < -0.3 is 15.1 Å². The van der Waals surface area contributed by atoms with Crippen LogP contribution in [0.15, 0.2) is 82.6 Å². The number of anilines is 1. The van der Waals surface area contributed by atoms with Gasteiger partial charge in [-0.05, 0) is 43.7 Å². The molecule has 2 aromatic carbocycles. The average molecular weight is 476 g/mol. The predicted octanol–water partition coefficient (Wildman–Crippen LogP) is 4.78. The first-order valence-electron chi connectivity index (χ1n) is 10.9. The zero-order valence-electron chi connectivity index (χ0n) is 18.9. The molecule has 0 fully saturated rings. The van der Waals surface area contributed by atoms with E-state index in [-0.39, 0.29) is 23.6 Å². The van der Waals surface area contributed by atoms with E-state index in [1.54, 1.807) is 36.6 Å². The number of carbonyl (C=O) groups excluding carboxylic acids is 2. The van der Waals surface area contributed by atoms with Gasteiger partial charge in [0.1, 0.15) is 0 Å². The molecule has 0 bridgehead atoms. The summed E-state index contributed by atoms with van der Waals surface area (Å²) < 4.78 is 7.31. The number of thioether (sulfide) groups is 1. The fraction of sp³-hybridized carbons (Fsp3) is 0.200. The summed E-state index contributed by atoms with van der Waals surface area (Å²) in [6.07, 6.45) is 1.58. The maximum atomic E-state index is 12.9. The monoisotopic (exact) mass is 475 g/mol. The fourth-order valence-electron chi connectivity index (χ4n) is 3.47. The van der Waals surface area contributed by atoms with Gasteiger partial charge in [0, 0.05) is 6.54 Å². The van der Waals surface area contributed by atoms with Gasteiger partial charge in [0.2, 0.25) is 5.91 Å². The van der Waals surface area contributed by atoms with Crippen LogP contribution in [0.4, 0.5) is 5.69 Å². The van der Waals surface area contributed by atoms with E-state index in [4.69, 9.17) is 4.42 Å². The van der Waals surface area contributed by atoms with E-state index in [1.165, 1.54) is 11.8 Å². The smallest absolute Gasteiger partial charge is 0.253 e. The Hall–Kier alpha value is -3.85. The molecule has 174 valence electrons. The van der Waals surface area contributed by atoms with E-state index in [2.05, 4.69) is 20.8 Å². The van der Waals surface area contributed by atoms with Crippen LogP contribution in [0, 0.1) is 0 Å². The molecule has 2 amide bonds. The highest BCUT2D eigenvalue weighted by Crippen LogP contribution is 2.25. The van der Waals surface area contributed by atoms with Crippen molar-refractivity contribution in [2.24, 2.45) is 0 Å². The number of aromatic nitrogens is 3. The lowest BCUT2D eigenvalue weighted by atomic mass is 10.1. The number of amides is 2. The molecule has 0 saturated carbocycles. The third-order valence-corrected chi connectivity index (χ3v) is 6.17. The Kier molecular flexibility index (Phi) is 7.44. The molecule has 34 heavy (non-hydrogen) atoms. The summed E-state index contributed by atoms with van der Waals surface area (Å²) in [5, 5.41) is 14.9. The minimum atomic E-state index is -0.256. The molecular formula is C25H25N5O3S. The van der Waals surface area contributed by atoms with Gasteiger partial charge in [-0.25, -0.2) is 0 Å². The van der Waals surface area contributed by atoms with Gasteiger partial charge >= 0.3 is 0 Å². The predicted molar refractivity (Wildman–Crippen MR) is 132 cm³/mol. The Morgan fingerprint density at radius 2 is 1.79 bits per heavy atom. The normalized spacial score (nSPS) is 11.7. The topological polar surface area (TPSA) is 102 Å². The second-order valence-corrected chi connectivity index (χ2v) is 8.46. The highest BCUT2D eigenvalue weighted by molar-refractivity contribution is 7.99. The quantitative estimate of drug-likeness (QED) is 0.338. The molecule has 2 aromatic heterocycles. The van der Waals surface area contributed by atoms with Gasteiger partial charge in [0.25, 0.3) is 5.91 Å². The number of hydrogen-bond donors (Lipinski definition) is 2. The van der Waals surface area contributed by atoms with Crippen molar-refractivity contribution >= 4 is 29.3 Å². The van der Waals surface area contributed by atoms with E-state index in [9.17, 15) is 9.59 Å². The SMILES string of the molecule is CCn1c(SCC(=O)Nc2ccccc2C(=O)N[C@H](C)c2ccccc2)nnc1-c1ccco1. The lowest BCUT2D eigenvalue weighted by Crippen LogP contribution is -2.28. The summed E-state index contributed by atoms with van der Waals surface area (Å²) >= 11 is 1.27. The Labute approximate surface area is 201 Å². The van der Waals surface area contributed by atoms with Crippen LogP contribution in [0.3, 0.4) is 0 Å². The first-order chi connectivity index (χ1) is 16.6. The van der Waals surface area contributed by atoms with Crippen LogP contribution in [0.1, 0.15) is 35.8 Å². The third kappa shape index (κ3) is 5.37. The molecule has 0 unspecified atom stereocenters. The number of para-hydroxylation sites is 1. The second kappa shape index (κ2) is 10.8. The molecular weight excluding hydrogens is 450 g/mol. The standard InChI is InChI=1S/C25H25N5O3S/c1-3-30-23(21-14-9-15-33-21)28-29-25(30)34-16-22(31)27-20-13-8-7-12-19(20)24(32)26-17(2)18-10-5-4-6-11-18/h4-15,17H,3,16H2,1-2H3,(H,26,32)(H,27,31)/t17-/m1/s1. The fourth-order valence-corrected chi connectivity index (χ4v) is 4.28. The number of carbonyl (C=O) groups is 2. The Morgan fingerprint density at radius 3 is 2.53 bits per heavy atom. The molecule has 0 saturated heterocycles. The van der Waals surface area contributed by atoms with E-state index in [1.807, 2.05) is 54.8 Å². The van der Waals surface area contributed by atoms with Crippen molar-refractivity contribution in [2.75, 3.05) is 11.1 Å². The van der Waals surface area contributed by atoms with Crippen molar-refractivity contribution in [3.8, 4) is 11.6 Å². The van der Waals surface area contributed by atoms with E-state index in [0.29, 0.717) is 34.5 Å². The van der Waals surface area contributed by atoms with Crippen LogP contribution >= 0.6 is 11.8 Å². The highest BCUT2D eigenvalue weighted by Gasteiger charge is 2.18. The first-order valence-corrected chi connectivity index (χ1v) is 11.9. The van der Waals surface area contributed by atoms with Crippen LogP contribution in [0.2, 0.25) is 0 Å². The summed E-state index contributed by atoms with van der Waals surface area (Å²) in [6.45, 7) is 4.53. The Bertz CT molecular complexity index is 1250. The van der Waals surface area contributed by atoms with E-state index >= 15 is 0 Å². The molecule has 0 aliphatic carbocycles. The van der Waals surface area contributed by atoms with Gasteiger partial charge in [-0.3, -0.25) is 14.2 Å². The number of nitrogens with zero attached hydrogens (tertiary/aromatic N) is 3. The Morgan fingerprint density at radius 1 is 1.03 bits per heavy atom.